The maximum atomic E-state index is 11.7. The van der Waals surface area contributed by atoms with E-state index in [0.29, 0.717) is 19.4 Å². The van der Waals surface area contributed by atoms with Crippen LogP contribution in [0, 0.1) is 6.92 Å². The molecule has 2 aromatic rings. The topological polar surface area (TPSA) is 39.1 Å². The molecule has 0 N–H and O–H groups in total. The van der Waals surface area contributed by atoms with Gasteiger partial charge in [-0.1, -0.05) is 17.4 Å². The Kier molecular flexibility index (Phi) is 3.91. The van der Waals surface area contributed by atoms with Crippen LogP contribution in [0.3, 0.4) is 0 Å². The van der Waals surface area contributed by atoms with Crippen molar-refractivity contribution >= 4 is 28.5 Å². The van der Waals surface area contributed by atoms with Crippen molar-refractivity contribution in [1.82, 2.24) is 4.57 Å². The van der Waals surface area contributed by atoms with Crippen LogP contribution in [0.1, 0.15) is 28.2 Å². The lowest BCUT2D eigenvalue weighted by Gasteiger charge is -2.03. The standard InChI is InChI=1S/C12H13NO2S2/c1-9-8-17-12(15)13(9)6-2-4-10(14)11-5-3-7-16-11/h3,5,7-8H,2,4,6H2,1H3. The smallest absolute Gasteiger partial charge is 0.303 e. The first-order valence-electron chi connectivity index (χ1n) is 5.40. The lowest BCUT2D eigenvalue weighted by Crippen LogP contribution is -2.15. The van der Waals surface area contributed by atoms with Crippen LogP contribution in [0.5, 0.6) is 0 Å². The van der Waals surface area contributed by atoms with Crippen LogP contribution in [0.4, 0.5) is 0 Å². The molecule has 0 fully saturated rings. The minimum absolute atomic E-state index is 0.0612. The van der Waals surface area contributed by atoms with E-state index in [9.17, 15) is 9.59 Å². The molecule has 2 rings (SSSR count). The van der Waals surface area contributed by atoms with Crippen LogP contribution in [-0.4, -0.2) is 10.4 Å². The first-order chi connectivity index (χ1) is 8.18. The number of thiophene rings is 1. The summed E-state index contributed by atoms with van der Waals surface area (Å²) in [7, 11) is 0. The summed E-state index contributed by atoms with van der Waals surface area (Å²) in [5, 5.41) is 3.75. The van der Waals surface area contributed by atoms with Gasteiger partial charge in [-0.15, -0.1) is 11.3 Å². The second-order valence-corrected chi connectivity index (χ2v) is 5.57. The second-order valence-electron chi connectivity index (χ2n) is 3.80. The summed E-state index contributed by atoms with van der Waals surface area (Å²) in [5.41, 5.74) is 0.976. The minimum Gasteiger partial charge on any atom is -0.303 e. The van der Waals surface area contributed by atoms with Crippen LogP contribution in [0.25, 0.3) is 0 Å². The molecule has 5 heteroatoms. The Morgan fingerprint density at radius 3 is 2.82 bits per heavy atom. The van der Waals surface area contributed by atoms with Crippen molar-refractivity contribution in [2.75, 3.05) is 0 Å². The van der Waals surface area contributed by atoms with Gasteiger partial charge < -0.3 is 4.57 Å². The van der Waals surface area contributed by atoms with Gasteiger partial charge in [-0.3, -0.25) is 9.59 Å². The summed E-state index contributed by atoms with van der Waals surface area (Å²) < 4.78 is 1.73. The zero-order valence-electron chi connectivity index (χ0n) is 9.51. The van der Waals surface area contributed by atoms with Crippen molar-refractivity contribution in [2.45, 2.75) is 26.3 Å². The predicted octanol–water partition coefficient (Wildman–Crippen LogP) is 2.94. The Morgan fingerprint density at radius 2 is 2.24 bits per heavy atom. The number of rotatable bonds is 5. The van der Waals surface area contributed by atoms with E-state index in [4.69, 9.17) is 0 Å². The Morgan fingerprint density at radius 1 is 1.41 bits per heavy atom. The molecule has 0 aliphatic carbocycles. The van der Waals surface area contributed by atoms with E-state index in [2.05, 4.69) is 0 Å². The number of ketones is 1. The van der Waals surface area contributed by atoms with Gasteiger partial charge in [0.25, 0.3) is 0 Å². The summed E-state index contributed by atoms with van der Waals surface area (Å²) in [6.07, 6.45) is 1.22. The number of carbonyl (C=O) groups excluding carboxylic acids is 1. The number of thiazole rings is 1. The lowest BCUT2D eigenvalue weighted by atomic mass is 10.2. The normalized spacial score (nSPS) is 10.6. The summed E-state index contributed by atoms with van der Waals surface area (Å²) in [6.45, 7) is 2.55. The third-order valence-electron chi connectivity index (χ3n) is 2.56. The van der Waals surface area contributed by atoms with Crippen molar-refractivity contribution < 1.29 is 4.79 Å². The van der Waals surface area contributed by atoms with Crippen LogP contribution in [0.15, 0.2) is 27.7 Å². The molecule has 0 aromatic carbocycles. The van der Waals surface area contributed by atoms with Crippen LogP contribution in [-0.2, 0) is 6.54 Å². The molecular formula is C12H13NO2S2. The van der Waals surface area contributed by atoms with Gasteiger partial charge >= 0.3 is 4.87 Å². The maximum absolute atomic E-state index is 11.7. The molecule has 2 aromatic heterocycles. The number of aromatic nitrogens is 1. The summed E-state index contributed by atoms with van der Waals surface area (Å²) in [6, 6.07) is 3.72. The van der Waals surface area contributed by atoms with Crippen molar-refractivity contribution in [3.63, 3.8) is 0 Å². The first-order valence-corrected chi connectivity index (χ1v) is 7.16. The molecular weight excluding hydrogens is 254 g/mol. The number of hydrogen-bond acceptors (Lipinski definition) is 4. The van der Waals surface area contributed by atoms with Gasteiger partial charge in [0.2, 0.25) is 0 Å². The quantitative estimate of drug-likeness (QED) is 0.781. The molecule has 0 unspecified atom stereocenters. The van der Waals surface area contributed by atoms with Gasteiger partial charge in [0.15, 0.2) is 5.78 Å². The SMILES string of the molecule is Cc1csc(=O)n1CCCC(=O)c1cccs1. The van der Waals surface area contributed by atoms with Crippen molar-refractivity contribution in [3.05, 3.63) is 43.1 Å². The second kappa shape index (κ2) is 5.42. The zero-order valence-corrected chi connectivity index (χ0v) is 11.1. The van der Waals surface area contributed by atoms with Gasteiger partial charge in [0.05, 0.1) is 4.88 Å². The molecule has 0 bridgehead atoms. The highest BCUT2D eigenvalue weighted by atomic mass is 32.1. The summed E-state index contributed by atoms with van der Waals surface area (Å²) >= 11 is 2.68. The molecule has 90 valence electrons. The number of nitrogens with zero attached hydrogens (tertiary/aromatic N) is 1. The molecule has 0 aliphatic rings. The Balaban J connectivity index is 1.88. The fourth-order valence-electron chi connectivity index (χ4n) is 1.63. The fourth-order valence-corrected chi connectivity index (χ4v) is 3.09. The van der Waals surface area contributed by atoms with E-state index >= 15 is 0 Å². The van der Waals surface area contributed by atoms with Gasteiger partial charge in [0.1, 0.15) is 0 Å². The molecule has 0 radical (unpaired) electrons. The first kappa shape index (κ1) is 12.3. The molecule has 0 aliphatic heterocycles. The largest absolute Gasteiger partial charge is 0.307 e. The van der Waals surface area contributed by atoms with E-state index in [1.807, 2.05) is 29.8 Å². The fraction of sp³-hybridized carbons (Fsp3) is 0.333. The van der Waals surface area contributed by atoms with Crippen molar-refractivity contribution in [1.29, 1.82) is 0 Å². The highest BCUT2D eigenvalue weighted by Crippen LogP contribution is 2.12. The number of carbonyl (C=O) groups is 1. The molecule has 0 amide bonds. The average molecular weight is 267 g/mol. The zero-order chi connectivity index (χ0) is 12.3. The average Bonchev–Trinajstić information content (AvgIpc) is 2.93. The number of hydrogen-bond donors (Lipinski definition) is 0. The molecule has 0 spiro atoms. The molecule has 2 heterocycles. The molecule has 0 saturated heterocycles. The number of aryl methyl sites for hydroxylation is 1. The summed E-state index contributed by atoms with van der Waals surface area (Å²) in [4.78, 5) is 24.0. The highest BCUT2D eigenvalue weighted by molar-refractivity contribution is 7.12. The third kappa shape index (κ3) is 2.92. The maximum Gasteiger partial charge on any atom is 0.307 e. The third-order valence-corrected chi connectivity index (χ3v) is 4.35. The molecule has 0 saturated carbocycles. The van der Waals surface area contributed by atoms with Gasteiger partial charge in [-0.05, 0) is 24.8 Å². The van der Waals surface area contributed by atoms with Crippen LogP contribution < -0.4 is 4.87 Å². The van der Waals surface area contributed by atoms with E-state index in [-0.39, 0.29) is 10.7 Å². The minimum atomic E-state index is 0.0612. The number of Topliss-reactive ketones (excluding diaryl/α,β-unsaturated/α-hetero) is 1. The molecule has 0 atom stereocenters. The van der Waals surface area contributed by atoms with Crippen LogP contribution in [0.2, 0.25) is 0 Å². The van der Waals surface area contributed by atoms with E-state index in [0.717, 1.165) is 10.6 Å². The Bertz CT molecular complexity index is 551. The highest BCUT2D eigenvalue weighted by Gasteiger charge is 2.07. The lowest BCUT2D eigenvalue weighted by molar-refractivity contribution is 0.0982. The predicted molar refractivity (Wildman–Crippen MR) is 71.2 cm³/mol. The van der Waals surface area contributed by atoms with Crippen LogP contribution >= 0.6 is 22.7 Å². The van der Waals surface area contributed by atoms with E-state index in [1.54, 1.807) is 4.57 Å². The molecule has 17 heavy (non-hydrogen) atoms. The molecule has 3 nitrogen and oxygen atoms in total. The van der Waals surface area contributed by atoms with Crippen molar-refractivity contribution in [3.8, 4) is 0 Å². The monoisotopic (exact) mass is 267 g/mol. The Labute approximate surface area is 107 Å². The van der Waals surface area contributed by atoms with Gasteiger partial charge in [-0.2, -0.15) is 0 Å². The van der Waals surface area contributed by atoms with E-state index < -0.39 is 0 Å². The van der Waals surface area contributed by atoms with Crippen molar-refractivity contribution in [2.24, 2.45) is 0 Å². The van der Waals surface area contributed by atoms with Gasteiger partial charge in [0, 0.05) is 24.0 Å². The van der Waals surface area contributed by atoms with Gasteiger partial charge in [-0.25, -0.2) is 0 Å². The summed E-state index contributed by atoms with van der Waals surface area (Å²) in [5.74, 6) is 0.168. The van der Waals surface area contributed by atoms with E-state index in [1.165, 1.54) is 22.7 Å². The Hall–Kier alpha value is -1.20.